The molecule has 0 aromatic carbocycles. The molecular weight excluding hydrogens is 345 g/mol. The minimum Gasteiger partial charge on any atom is -0.383 e. The first-order valence-corrected chi connectivity index (χ1v) is 7.45. The summed E-state index contributed by atoms with van der Waals surface area (Å²) in [5.41, 5.74) is 0. The molecule has 104 valence electrons. The van der Waals surface area contributed by atoms with E-state index in [1.54, 1.807) is 20.3 Å². The van der Waals surface area contributed by atoms with E-state index in [2.05, 4.69) is 29.2 Å². The van der Waals surface area contributed by atoms with E-state index in [-0.39, 0.29) is 21.9 Å². The summed E-state index contributed by atoms with van der Waals surface area (Å²) in [6, 6.07) is 0.370. The molecule has 3 atom stereocenters. The number of ether oxygens (including phenoxy) is 2. The van der Waals surface area contributed by atoms with E-state index in [0.717, 1.165) is 12.8 Å². The van der Waals surface area contributed by atoms with E-state index in [0.29, 0.717) is 19.6 Å². The van der Waals surface area contributed by atoms with E-state index in [1.165, 1.54) is 0 Å². The number of rotatable bonds is 7. The molecule has 0 aliphatic carbocycles. The minimum absolute atomic E-state index is 0.0445. The Kier molecular flexibility index (Phi) is 7.18. The first kappa shape index (κ1) is 15.9. The van der Waals surface area contributed by atoms with Crippen LogP contribution in [0.1, 0.15) is 19.3 Å². The number of allylic oxidation sites excluding steroid dienone is 1. The van der Waals surface area contributed by atoms with Gasteiger partial charge >= 0.3 is 0 Å². The summed E-state index contributed by atoms with van der Waals surface area (Å²) in [6.07, 6.45) is 4.48. The van der Waals surface area contributed by atoms with Crippen molar-refractivity contribution in [3.63, 3.8) is 0 Å². The van der Waals surface area contributed by atoms with Gasteiger partial charge in [0.25, 0.3) is 0 Å². The van der Waals surface area contributed by atoms with E-state index < -0.39 is 0 Å². The van der Waals surface area contributed by atoms with Crippen molar-refractivity contribution in [2.24, 2.45) is 0 Å². The Hall–Kier alpha value is -0.140. The van der Waals surface area contributed by atoms with Crippen molar-refractivity contribution in [2.75, 3.05) is 27.4 Å². The monoisotopic (exact) mass is 367 g/mol. The lowest BCUT2D eigenvalue weighted by molar-refractivity contribution is -0.135. The van der Waals surface area contributed by atoms with Crippen LogP contribution in [0.2, 0.25) is 0 Å². The molecule has 1 rings (SSSR count). The van der Waals surface area contributed by atoms with E-state index in [9.17, 15) is 4.79 Å². The molecular formula is C13H22INO3. The van der Waals surface area contributed by atoms with Crippen molar-refractivity contribution in [3.8, 4) is 0 Å². The molecule has 0 unspecified atom stereocenters. The number of likely N-dealkylation sites (tertiary alicyclic amines) is 1. The van der Waals surface area contributed by atoms with E-state index in [1.807, 2.05) is 4.90 Å². The number of halogens is 1. The van der Waals surface area contributed by atoms with E-state index in [4.69, 9.17) is 9.47 Å². The van der Waals surface area contributed by atoms with Crippen LogP contribution < -0.4 is 0 Å². The van der Waals surface area contributed by atoms with Gasteiger partial charge in [0.1, 0.15) is 0 Å². The molecule has 4 nitrogen and oxygen atoms in total. The minimum atomic E-state index is -0.0445. The average Bonchev–Trinajstić information content (AvgIpc) is 2.73. The summed E-state index contributed by atoms with van der Waals surface area (Å²) >= 11 is 2.19. The number of amides is 1. The van der Waals surface area contributed by atoms with Crippen molar-refractivity contribution in [1.29, 1.82) is 0 Å². The average molecular weight is 367 g/mol. The van der Waals surface area contributed by atoms with Crippen LogP contribution in [0.15, 0.2) is 12.7 Å². The van der Waals surface area contributed by atoms with Crippen molar-refractivity contribution in [3.05, 3.63) is 12.7 Å². The smallest absolute Gasteiger partial charge is 0.236 e. The van der Waals surface area contributed by atoms with Gasteiger partial charge in [-0.25, -0.2) is 0 Å². The van der Waals surface area contributed by atoms with Crippen LogP contribution in [0.25, 0.3) is 0 Å². The molecule has 1 fully saturated rings. The number of methoxy groups -OCH3 is 2. The summed E-state index contributed by atoms with van der Waals surface area (Å²) in [7, 11) is 3.36. The first-order valence-electron chi connectivity index (χ1n) is 6.20. The molecule has 0 saturated carbocycles. The Balaban J connectivity index is 2.74. The highest BCUT2D eigenvalue weighted by atomic mass is 127. The molecule has 0 N–H and O–H groups in total. The third-order valence-corrected chi connectivity index (χ3v) is 4.28. The van der Waals surface area contributed by atoms with Gasteiger partial charge in [-0.05, 0) is 19.3 Å². The Bertz CT molecular complexity index is 271. The SMILES string of the molecule is C=CC[C@@H](I)C(=O)N1[C@@H](COC)CC[C@@H]1COC. The Labute approximate surface area is 123 Å². The van der Waals surface area contributed by atoms with Crippen LogP contribution in [0.5, 0.6) is 0 Å². The maximum atomic E-state index is 12.5. The van der Waals surface area contributed by atoms with Gasteiger partial charge < -0.3 is 14.4 Å². The topological polar surface area (TPSA) is 38.8 Å². The molecule has 1 heterocycles. The van der Waals surface area contributed by atoms with Gasteiger partial charge in [0.15, 0.2) is 0 Å². The molecule has 0 bridgehead atoms. The maximum absolute atomic E-state index is 12.5. The number of hydrogen-bond acceptors (Lipinski definition) is 3. The van der Waals surface area contributed by atoms with E-state index >= 15 is 0 Å². The second-order valence-corrected chi connectivity index (χ2v) is 6.04. The number of carbonyl (C=O) groups is 1. The first-order chi connectivity index (χ1) is 8.65. The zero-order valence-corrected chi connectivity index (χ0v) is 13.3. The Morgan fingerprint density at radius 2 is 1.89 bits per heavy atom. The largest absolute Gasteiger partial charge is 0.383 e. The molecule has 0 radical (unpaired) electrons. The van der Waals surface area contributed by atoms with Gasteiger partial charge in [-0.15, -0.1) is 6.58 Å². The molecule has 5 heteroatoms. The van der Waals surface area contributed by atoms with Crippen molar-refractivity contribution in [2.45, 2.75) is 35.3 Å². The predicted octanol–water partition coefficient (Wildman–Crippen LogP) is 2.02. The third-order valence-electron chi connectivity index (χ3n) is 3.23. The number of carbonyl (C=O) groups excluding carboxylic acids is 1. The van der Waals surface area contributed by atoms with Crippen LogP contribution in [-0.2, 0) is 14.3 Å². The van der Waals surface area contributed by atoms with Gasteiger partial charge in [-0.3, -0.25) is 4.79 Å². The molecule has 1 amide bonds. The fourth-order valence-corrected chi connectivity index (χ4v) is 3.12. The Morgan fingerprint density at radius 1 is 1.39 bits per heavy atom. The molecule has 1 saturated heterocycles. The number of nitrogens with zero attached hydrogens (tertiary/aromatic N) is 1. The summed E-state index contributed by atoms with van der Waals surface area (Å²) < 4.78 is 10.4. The van der Waals surface area contributed by atoms with Crippen molar-refractivity contribution in [1.82, 2.24) is 4.90 Å². The van der Waals surface area contributed by atoms with Crippen molar-refractivity contribution >= 4 is 28.5 Å². The highest BCUT2D eigenvalue weighted by Crippen LogP contribution is 2.27. The van der Waals surface area contributed by atoms with Gasteiger partial charge in [0.05, 0.1) is 29.2 Å². The summed E-state index contributed by atoms with van der Waals surface area (Å²) in [6.45, 7) is 4.90. The molecule has 0 aromatic rings. The zero-order valence-electron chi connectivity index (χ0n) is 11.1. The number of hydrogen-bond donors (Lipinski definition) is 0. The zero-order chi connectivity index (χ0) is 13.5. The van der Waals surface area contributed by atoms with Crippen LogP contribution in [-0.4, -0.2) is 54.2 Å². The molecule has 1 aliphatic heterocycles. The molecule has 0 spiro atoms. The normalized spacial score (nSPS) is 25.2. The third kappa shape index (κ3) is 3.93. The molecule has 0 aromatic heterocycles. The quantitative estimate of drug-likeness (QED) is 0.393. The standard InChI is InChI=1S/C13H22INO3/c1-4-5-12(14)13(16)15-10(8-17-2)6-7-11(15)9-18-3/h4,10-12H,1,5-9H2,2-3H3/t10-,11-,12-/m1/s1. The van der Waals surface area contributed by atoms with Crippen LogP contribution in [0.4, 0.5) is 0 Å². The lowest BCUT2D eigenvalue weighted by Crippen LogP contribution is -2.47. The second kappa shape index (κ2) is 8.12. The summed E-state index contributed by atoms with van der Waals surface area (Å²) in [5, 5.41) is 0. The highest BCUT2D eigenvalue weighted by molar-refractivity contribution is 14.1. The summed E-state index contributed by atoms with van der Waals surface area (Å²) in [5.74, 6) is 0.178. The lowest BCUT2D eigenvalue weighted by atomic mass is 10.2. The molecule has 1 aliphatic rings. The fraction of sp³-hybridized carbons (Fsp3) is 0.769. The summed E-state index contributed by atoms with van der Waals surface area (Å²) in [4.78, 5) is 14.4. The number of alkyl halides is 1. The van der Waals surface area contributed by atoms with Crippen LogP contribution >= 0.6 is 22.6 Å². The van der Waals surface area contributed by atoms with Gasteiger partial charge in [0, 0.05) is 14.2 Å². The van der Waals surface area contributed by atoms with Crippen LogP contribution in [0.3, 0.4) is 0 Å². The fourth-order valence-electron chi connectivity index (χ4n) is 2.44. The maximum Gasteiger partial charge on any atom is 0.236 e. The molecule has 18 heavy (non-hydrogen) atoms. The predicted molar refractivity (Wildman–Crippen MR) is 80.0 cm³/mol. The van der Waals surface area contributed by atoms with Gasteiger partial charge in [-0.1, -0.05) is 28.7 Å². The highest BCUT2D eigenvalue weighted by Gasteiger charge is 2.38. The van der Waals surface area contributed by atoms with Crippen molar-refractivity contribution < 1.29 is 14.3 Å². The van der Waals surface area contributed by atoms with Crippen LogP contribution in [0, 0.1) is 0 Å². The Morgan fingerprint density at radius 3 is 2.28 bits per heavy atom. The van der Waals surface area contributed by atoms with Gasteiger partial charge in [0.2, 0.25) is 5.91 Å². The van der Waals surface area contributed by atoms with Gasteiger partial charge in [-0.2, -0.15) is 0 Å². The lowest BCUT2D eigenvalue weighted by Gasteiger charge is -2.31. The second-order valence-electron chi connectivity index (χ2n) is 4.53.